The molecule has 7 heteroatoms. The van der Waals surface area contributed by atoms with Gasteiger partial charge in [-0.25, -0.2) is 4.68 Å². The Hall–Kier alpha value is -1.50. The van der Waals surface area contributed by atoms with Crippen molar-refractivity contribution in [2.24, 2.45) is 11.7 Å². The third-order valence-corrected chi connectivity index (χ3v) is 3.76. The van der Waals surface area contributed by atoms with Crippen LogP contribution in [0.25, 0.3) is 0 Å². The lowest BCUT2D eigenvalue weighted by Crippen LogP contribution is -2.39. The van der Waals surface area contributed by atoms with Crippen molar-refractivity contribution in [3.63, 3.8) is 0 Å². The normalized spacial score (nSPS) is 16.5. The smallest absolute Gasteiger partial charge is 0.333 e. The summed E-state index contributed by atoms with van der Waals surface area (Å²) in [6.45, 7) is 0.925. The van der Waals surface area contributed by atoms with Gasteiger partial charge in [-0.3, -0.25) is 4.79 Å². The van der Waals surface area contributed by atoms with Gasteiger partial charge >= 0.3 is 6.55 Å². The monoisotopic (exact) mass is 286 g/mol. The van der Waals surface area contributed by atoms with Crippen LogP contribution in [0.2, 0.25) is 0 Å². The fourth-order valence-corrected chi connectivity index (χ4v) is 2.29. The molecule has 3 N–H and O–H groups in total. The molecule has 0 spiro atoms. The van der Waals surface area contributed by atoms with E-state index in [2.05, 4.69) is 10.4 Å². The number of carbonyl (C=O) groups is 1. The predicted molar refractivity (Wildman–Crippen MR) is 70.4 cm³/mol. The second kappa shape index (κ2) is 5.87. The lowest BCUT2D eigenvalue weighted by atomic mass is 10.1. The third-order valence-electron chi connectivity index (χ3n) is 3.76. The van der Waals surface area contributed by atoms with Gasteiger partial charge in [0.05, 0.1) is 12.1 Å². The molecule has 0 aliphatic heterocycles. The molecular weight excluding hydrogens is 266 g/mol. The standard InChI is InChI=1S/C13H20F2N4O/c1-7-10(8(2)19(18-7)13(14)15)5-12(20)17-6-11(16)9-3-4-9/h9,11,13H,3-6,16H2,1-2H3,(H,17,20). The number of nitrogens with zero attached hydrogens (tertiary/aromatic N) is 2. The van der Waals surface area contributed by atoms with Crippen LogP contribution < -0.4 is 11.1 Å². The molecule has 1 aliphatic carbocycles. The molecule has 1 aromatic heterocycles. The minimum absolute atomic E-state index is 0.00932. The molecule has 0 radical (unpaired) electrons. The van der Waals surface area contributed by atoms with Crippen LogP contribution in [0.15, 0.2) is 0 Å². The Morgan fingerprint density at radius 2 is 2.15 bits per heavy atom. The van der Waals surface area contributed by atoms with Crippen molar-refractivity contribution in [1.29, 1.82) is 0 Å². The number of aromatic nitrogens is 2. The zero-order chi connectivity index (χ0) is 14.9. The molecule has 1 atom stereocenters. The summed E-state index contributed by atoms with van der Waals surface area (Å²) in [4.78, 5) is 11.9. The fraction of sp³-hybridized carbons (Fsp3) is 0.692. The van der Waals surface area contributed by atoms with Gasteiger partial charge in [0.25, 0.3) is 0 Å². The van der Waals surface area contributed by atoms with Crippen LogP contribution in [0.1, 0.15) is 36.3 Å². The fourth-order valence-electron chi connectivity index (χ4n) is 2.29. The average molecular weight is 286 g/mol. The summed E-state index contributed by atoms with van der Waals surface area (Å²) in [5.41, 5.74) is 7.25. The molecule has 1 fully saturated rings. The van der Waals surface area contributed by atoms with Crippen molar-refractivity contribution in [3.8, 4) is 0 Å². The third kappa shape index (κ3) is 3.33. The van der Waals surface area contributed by atoms with Crippen molar-refractivity contribution in [2.45, 2.75) is 45.7 Å². The Morgan fingerprint density at radius 1 is 1.50 bits per heavy atom. The number of hydrogen-bond acceptors (Lipinski definition) is 3. The number of aryl methyl sites for hydroxylation is 1. The van der Waals surface area contributed by atoms with Crippen LogP contribution in [0.5, 0.6) is 0 Å². The Kier molecular flexibility index (Phi) is 4.37. The van der Waals surface area contributed by atoms with E-state index in [0.717, 1.165) is 12.8 Å². The van der Waals surface area contributed by atoms with Gasteiger partial charge in [0.2, 0.25) is 5.91 Å². The molecule has 2 rings (SSSR count). The maximum absolute atomic E-state index is 12.7. The number of nitrogens with two attached hydrogens (primary N) is 1. The molecule has 1 unspecified atom stereocenters. The van der Waals surface area contributed by atoms with Crippen molar-refractivity contribution in [3.05, 3.63) is 17.0 Å². The number of amides is 1. The average Bonchev–Trinajstić information content (AvgIpc) is 3.18. The minimum Gasteiger partial charge on any atom is -0.354 e. The first-order valence-electron chi connectivity index (χ1n) is 6.75. The van der Waals surface area contributed by atoms with E-state index in [1.165, 1.54) is 0 Å². The first-order valence-corrected chi connectivity index (χ1v) is 6.75. The van der Waals surface area contributed by atoms with E-state index in [1.54, 1.807) is 13.8 Å². The summed E-state index contributed by atoms with van der Waals surface area (Å²) < 4.78 is 26.0. The maximum atomic E-state index is 12.7. The molecule has 1 aliphatic rings. The van der Waals surface area contributed by atoms with E-state index in [9.17, 15) is 13.6 Å². The summed E-state index contributed by atoms with van der Waals surface area (Å²) >= 11 is 0. The van der Waals surface area contributed by atoms with Gasteiger partial charge in [-0.1, -0.05) is 0 Å². The highest BCUT2D eigenvalue weighted by molar-refractivity contribution is 5.79. The molecule has 1 aromatic rings. The zero-order valence-electron chi connectivity index (χ0n) is 11.7. The van der Waals surface area contributed by atoms with Crippen LogP contribution in [0.3, 0.4) is 0 Å². The van der Waals surface area contributed by atoms with Gasteiger partial charge in [-0.15, -0.1) is 0 Å². The quantitative estimate of drug-likeness (QED) is 0.827. The van der Waals surface area contributed by atoms with Crippen LogP contribution in [-0.2, 0) is 11.2 Å². The Labute approximate surface area is 116 Å². The van der Waals surface area contributed by atoms with Crippen LogP contribution in [-0.4, -0.2) is 28.3 Å². The number of alkyl halides is 2. The lowest BCUT2D eigenvalue weighted by molar-refractivity contribution is -0.120. The molecule has 112 valence electrons. The van der Waals surface area contributed by atoms with E-state index in [-0.39, 0.29) is 18.4 Å². The molecule has 0 saturated heterocycles. The van der Waals surface area contributed by atoms with E-state index in [1.807, 2.05) is 0 Å². The Balaban J connectivity index is 1.93. The highest BCUT2D eigenvalue weighted by atomic mass is 19.3. The van der Waals surface area contributed by atoms with Gasteiger partial charge in [0.15, 0.2) is 0 Å². The molecule has 0 bridgehead atoms. The topological polar surface area (TPSA) is 72.9 Å². The molecule has 1 saturated carbocycles. The second-order valence-electron chi connectivity index (χ2n) is 5.35. The number of halogens is 2. The Morgan fingerprint density at radius 3 is 2.65 bits per heavy atom. The van der Waals surface area contributed by atoms with E-state index < -0.39 is 6.55 Å². The molecule has 0 aromatic carbocycles. The first-order chi connectivity index (χ1) is 9.40. The van der Waals surface area contributed by atoms with Gasteiger partial charge in [0.1, 0.15) is 0 Å². The van der Waals surface area contributed by atoms with Crippen LogP contribution >= 0.6 is 0 Å². The number of carbonyl (C=O) groups excluding carboxylic acids is 1. The molecule has 5 nitrogen and oxygen atoms in total. The highest BCUT2D eigenvalue weighted by Gasteiger charge is 2.28. The maximum Gasteiger partial charge on any atom is 0.333 e. The van der Waals surface area contributed by atoms with Gasteiger partial charge in [0, 0.05) is 23.8 Å². The predicted octanol–water partition coefficient (Wildman–Crippen LogP) is 1.29. The zero-order valence-corrected chi connectivity index (χ0v) is 11.7. The summed E-state index contributed by atoms with van der Waals surface area (Å²) in [6.07, 6.45) is 2.30. The van der Waals surface area contributed by atoms with E-state index >= 15 is 0 Å². The second-order valence-corrected chi connectivity index (χ2v) is 5.35. The van der Waals surface area contributed by atoms with Gasteiger partial charge in [-0.2, -0.15) is 13.9 Å². The largest absolute Gasteiger partial charge is 0.354 e. The molecule has 1 heterocycles. The summed E-state index contributed by atoms with van der Waals surface area (Å²) in [6, 6.07) is -0.00932. The summed E-state index contributed by atoms with van der Waals surface area (Å²) in [7, 11) is 0. The van der Waals surface area contributed by atoms with Crippen molar-refractivity contribution < 1.29 is 13.6 Å². The van der Waals surface area contributed by atoms with E-state index in [4.69, 9.17) is 5.73 Å². The van der Waals surface area contributed by atoms with Gasteiger partial charge < -0.3 is 11.1 Å². The summed E-state index contributed by atoms with van der Waals surface area (Å²) in [5, 5.41) is 6.51. The number of hydrogen-bond donors (Lipinski definition) is 2. The van der Waals surface area contributed by atoms with Crippen molar-refractivity contribution >= 4 is 5.91 Å². The highest BCUT2D eigenvalue weighted by Crippen LogP contribution is 2.31. The van der Waals surface area contributed by atoms with E-state index in [0.29, 0.717) is 34.1 Å². The van der Waals surface area contributed by atoms with Crippen LogP contribution in [0.4, 0.5) is 8.78 Å². The van der Waals surface area contributed by atoms with Crippen molar-refractivity contribution in [2.75, 3.05) is 6.54 Å². The van der Waals surface area contributed by atoms with Crippen molar-refractivity contribution in [1.82, 2.24) is 15.1 Å². The summed E-state index contributed by atoms with van der Waals surface area (Å²) in [5.74, 6) is 0.307. The lowest BCUT2D eigenvalue weighted by Gasteiger charge is -2.11. The Bertz CT molecular complexity index is 497. The first kappa shape index (κ1) is 14.9. The number of nitrogens with one attached hydrogen (secondary N) is 1. The van der Waals surface area contributed by atoms with Crippen LogP contribution in [0, 0.1) is 19.8 Å². The molecular formula is C13H20F2N4O. The SMILES string of the molecule is Cc1nn(C(F)F)c(C)c1CC(=O)NCC(N)C1CC1. The molecule has 20 heavy (non-hydrogen) atoms. The number of rotatable bonds is 6. The van der Waals surface area contributed by atoms with Gasteiger partial charge in [-0.05, 0) is 32.6 Å². The minimum atomic E-state index is -2.69. The molecule has 1 amide bonds.